The van der Waals surface area contributed by atoms with Crippen LogP contribution in [0.1, 0.15) is 25.3 Å². The zero-order valence-corrected chi connectivity index (χ0v) is 12.9. The Morgan fingerprint density at radius 2 is 1.81 bits per heavy atom. The van der Waals surface area contributed by atoms with Crippen LogP contribution in [0.25, 0.3) is 17.1 Å². The van der Waals surface area contributed by atoms with Gasteiger partial charge < -0.3 is 0 Å². The molecule has 0 unspecified atom stereocenters. The summed E-state index contributed by atoms with van der Waals surface area (Å²) in [6, 6.07) is 16.4. The molecule has 3 rings (SSSR count). The molecule has 21 heavy (non-hydrogen) atoms. The Kier molecular flexibility index (Phi) is 3.80. The van der Waals surface area contributed by atoms with Crippen molar-refractivity contribution in [2.24, 2.45) is 0 Å². The van der Waals surface area contributed by atoms with Gasteiger partial charge in [-0.15, -0.1) is 0 Å². The number of imidazole rings is 1. The quantitative estimate of drug-likeness (QED) is 0.640. The summed E-state index contributed by atoms with van der Waals surface area (Å²) < 4.78 is 2.03. The summed E-state index contributed by atoms with van der Waals surface area (Å²) in [4.78, 5) is 4.47. The lowest BCUT2D eigenvalue weighted by atomic mass is 10.0. The molecule has 0 amide bonds. The molecule has 106 valence electrons. The maximum atomic E-state index is 6.48. The Hall–Kier alpha value is -2.06. The molecule has 1 aromatic heterocycles. The van der Waals surface area contributed by atoms with E-state index in [1.54, 1.807) is 6.20 Å². The van der Waals surface area contributed by atoms with E-state index in [1.165, 1.54) is 5.56 Å². The second-order valence-corrected chi connectivity index (χ2v) is 5.76. The van der Waals surface area contributed by atoms with Gasteiger partial charge in [-0.1, -0.05) is 61.8 Å². The normalized spacial score (nSPS) is 11.0. The van der Waals surface area contributed by atoms with E-state index >= 15 is 0 Å². The minimum absolute atomic E-state index is 0.466. The van der Waals surface area contributed by atoms with E-state index in [-0.39, 0.29) is 0 Å². The van der Waals surface area contributed by atoms with Crippen molar-refractivity contribution in [2.75, 3.05) is 0 Å². The van der Waals surface area contributed by atoms with Crippen LogP contribution in [0.3, 0.4) is 0 Å². The first-order valence-electron chi connectivity index (χ1n) is 7.05. The molecule has 0 aliphatic carbocycles. The molecule has 2 aromatic carbocycles. The van der Waals surface area contributed by atoms with Crippen LogP contribution < -0.4 is 0 Å². The number of rotatable bonds is 3. The lowest BCUT2D eigenvalue weighted by Crippen LogP contribution is -1.98. The van der Waals surface area contributed by atoms with E-state index < -0.39 is 0 Å². The Bertz CT molecular complexity index is 745. The number of halogens is 1. The first-order valence-corrected chi connectivity index (χ1v) is 7.43. The Labute approximate surface area is 130 Å². The summed E-state index contributed by atoms with van der Waals surface area (Å²) in [5.41, 5.74) is 3.27. The molecular formula is C18H17ClN2. The van der Waals surface area contributed by atoms with Crippen molar-refractivity contribution in [2.45, 2.75) is 19.8 Å². The molecule has 1 heterocycles. The molecule has 3 heteroatoms. The van der Waals surface area contributed by atoms with Crippen LogP contribution >= 0.6 is 11.6 Å². The van der Waals surface area contributed by atoms with Gasteiger partial charge in [0.1, 0.15) is 5.82 Å². The van der Waals surface area contributed by atoms with E-state index in [2.05, 4.69) is 43.1 Å². The lowest BCUT2D eigenvalue weighted by Gasteiger charge is -2.12. The fraction of sp³-hybridized carbons (Fsp3) is 0.167. The van der Waals surface area contributed by atoms with Gasteiger partial charge in [-0.3, -0.25) is 4.57 Å². The largest absolute Gasteiger partial charge is 0.298 e. The topological polar surface area (TPSA) is 17.8 Å². The number of hydrogen-bond acceptors (Lipinski definition) is 1. The summed E-state index contributed by atoms with van der Waals surface area (Å²) >= 11 is 6.48. The highest BCUT2D eigenvalue weighted by atomic mass is 35.5. The van der Waals surface area contributed by atoms with Crippen molar-refractivity contribution in [1.82, 2.24) is 9.55 Å². The highest BCUT2D eigenvalue weighted by molar-refractivity contribution is 6.32. The lowest BCUT2D eigenvalue weighted by molar-refractivity contribution is 0.865. The van der Waals surface area contributed by atoms with E-state index in [0.29, 0.717) is 5.92 Å². The molecule has 0 atom stereocenters. The summed E-state index contributed by atoms with van der Waals surface area (Å²) in [7, 11) is 0. The van der Waals surface area contributed by atoms with Gasteiger partial charge >= 0.3 is 0 Å². The fourth-order valence-corrected chi connectivity index (χ4v) is 2.66. The van der Waals surface area contributed by atoms with Crippen LogP contribution in [0.5, 0.6) is 0 Å². The highest BCUT2D eigenvalue weighted by Gasteiger charge is 2.11. The summed E-state index contributed by atoms with van der Waals surface area (Å²) in [6.45, 7) is 4.33. The molecule has 0 fully saturated rings. The van der Waals surface area contributed by atoms with Crippen LogP contribution in [0.15, 0.2) is 60.9 Å². The summed E-state index contributed by atoms with van der Waals surface area (Å²) in [5.74, 6) is 1.36. The van der Waals surface area contributed by atoms with Crippen LogP contribution in [0.2, 0.25) is 5.02 Å². The summed E-state index contributed by atoms with van der Waals surface area (Å²) in [6.07, 6.45) is 3.74. The first kappa shape index (κ1) is 13.9. The zero-order valence-electron chi connectivity index (χ0n) is 12.1. The van der Waals surface area contributed by atoms with Gasteiger partial charge in [0.2, 0.25) is 0 Å². The third-order valence-electron chi connectivity index (χ3n) is 3.57. The molecule has 0 N–H and O–H groups in total. The van der Waals surface area contributed by atoms with Crippen LogP contribution in [-0.4, -0.2) is 9.55 Å². The predicted octanol–water partition coefficient (Wildman–Crippen LogP) is 5.32. The smallest absolute Gasteiger partial charge is 0.144 e. The van der Waals surface area contributed by atoms with Crippen molar-refractivity contribution >= 4 is 11.6 Å². The van der Waals surface area contributed by atoms with Gasteiger partial charge in [-0.25, -0.2) is 4.98 Å². The average molecular weight is 297 g/mol. The first-order chi connectivity index (χ1) is 10.2. The maximum absolute atomic E-state index is 6.48. The minimum Gasteiger partial charge on any atom is -0.298 e. The Morgan fingerprint density at radius 1 is 1.05 bits per heavy atom. The van der Waals surface area contributed by atoms with E-state index in [9.17, 15) is 0 Å². The van der Waals surface area contributed by atoms with Gasteiger partial charge in [0.25, 0.3) is 0 Å². The van der Waals surface area contributed by atoms with E-state index in [1.807, 2.05) is 35.0 Å². The second kappa shape index (κ2) is 5.74. The van der Waals surface area contributed by atoms with Gasteiger partial charge in [0.15, 0.2) is 0 Å². The number of nitrogens with zero attached hydrogens (tertiary/aromatic N) is 2. The fourth-order valence-electron chi connectivity index (χ4n) is 2.38. The molecule has 0 bridgehead atoms. The molecule has 3 aromatic rings. The Balaban J connectivity index is 2.09. The third-order valence-corrected chi connectivity index (χ3v) is 3.87. The van der Waals surface area contributed by atoms with Gasteiger partial charge in [-0.05, 0) is 23.6 Å². The predicted molar refractivity (Wildman–Crippen MR) is 88.1 cm³/mol. The zero-order chi connectivity index (χ0) is 14.8. The molecule has 0 spiro atoms. The van der Waals surface area contributed by atoms with E-state index in [4.69, 9.17) is 11.6 Å². The highest BCUT2D eigenvalue weighted by Crippen LogP contribution is 2.29. The number of hydrogen-bond donors (Lipinski definition) is 0. The SMILES string of the molecule is CC(C)c1ccc(-n2ccnc2-c2ccccc2)c(Cl)c1. The molecule has 0 radical (unpaired) electrons. The van der Waals surface area contributed by atoms with Crippen LogP contribution in [0, 0.1) is 0 Å². The number of benzene rings is 2. The van der Waals surface area contributed by atoms with Gasteiger partial charge in [-0.2, -0.15) is 0 Å². The van der Waals surface area contributed by atoms with Crippen LogP contribution in [0.4, 0.5) is 0 Å². The maximum Gasteiger partial charge on any atom is 0.144 e. The molecule has 0 saturated carbocycles. The van der Waals surface area contributed by atoms with Crippen molar-refractivity contribution < 1.29 is 0 Å². The third kappa shape index (κ3) is 2.72. The van der Waals surface area contributed by atoms with Crippen molar-refractivity contribution in [3.8, 4) is 17.1 Å². The average Bonchev–Trinajstić information content (AvgIpc) is 2.97. The van der Waals surface area contributed by atoms with Gasteiger partial charge in [0, 0.05) is 18.0 Å². The molecule has 2 nitrogen and oxygen atoms in total. The summed E-state index contributed by atoms with van der Waals surface area (Å²) in [5, 5.41) is 0.747. The van der Waals surface area contributed by atoms with Crippen molar-refractivity contribution in [1.29, 1.82) is 0 Å². The molecule has 0 aliphatic rings. The Morgan fingerprint density at radius 3 is 2.48 bits per heavy atom. The second-order valence-electron chi connectivity index (χ2n) is 5.35. The molecule has 0 saturated heterocycles. The van der Waals surface area contributed by atoms with Crippen molar-refractivity contribution in [3.05, 3.63) is 71.5 Å². The molecule has 0 aliphatic heterocycles. The standard InChI is InChI=1S/C18H17ClN2/c1-13(2)15-8-9-17(16(19)12-15)21-11-10-20-18(21)14-6-4-3-5-7-14/h3-13H,1-2H3. The van der Waals surface area contributed by atoms with Crippen molar-refractivity contribution in [3.63, 3.8) is 0 Å². The van der Waals surface area contributed by atoms with Crippen LogP contribution in [-0.2, 0) is 0 Å². The van der Waals surface area contributed by atoms with Gasteiger partial charge in [0.05, 0.1) is 10.7 Å². The monoisotopic (exact) mass is 296 g/mol. The molecular weight excluding hydrogens is 280 g/mol. The number of aromatic nitrogens is 2. The van der Waals surface area contributed by atoms with E-state index in [0.717, 1.165) is 22.1 Å². The minimum atomic E-state index is 0.466.